The van der Waals surface area contributed by atoms with Gasteiger partial charge >= 0.3 is 0 Å². The first kappa shape index (κ1) is 13.4. The van der Waals surface area contributed by atoms with Crippen LogP contribution in [-0.4, -0.2) is 23.8 Å². The van der Waals surface area contributed by atoms with Gasteiger partial charge in [0.1, 0.15) is 0 Å². The Morgan fingerprint density at radius 1 is 1.15 bits per heavy atom. The summed E-state index contributed by atoms with van der Waals surface area (Å²) in [6.07, 6.45) is 7.86. The van der Waals surface area contributed by atoms with Crippen LogP contribution in [0.15, 0.2) is 42.1 Å². The first-order valence-corrected chi connectivity index (χ1v) is 7.73. The van der Waals surface area contributed by atoms with Crippen LogP contribution in [0.5, 0.6) is 0 Å². The molecule has 1 saturated heterocycles. The fourth-order valence-corrected chi connectivity index (χ4v) is 3.39. The van der Waals surface area contributed by atoms with E-state index in [4.69, 9.17) is 0 Å². The number of likely N-dealkylation sites (tertiary alicyclic amines) is 1. The maximum absolute atomic E-state index is 12.7. The zero-order valence-electron chi connectivity index (χ0n) is 12.3. The van der Waals surface area contributed by atoms with Crippen molar-refractivity contribution in [2.45, 2.75) is 39.0 Å². The normalized spacial score (nSPS) is 26.4. The molecule has 0 saturated carbocycles. The number of hydrogen-bond acceptors (Lipinski definition) is 2. The highest BCUT2D eigenvalue weighted by molar-refractivity contribution is 6.00. The van der Waals surface area contributed by atoms with Crippen LogP contribution in [0.1, 0.15) is 49.4 Å². The van der Waals surface area contributed by atoms with Gasteiger partial charge in [0.05, 0.1) is 0 Å². The lowest BCUT2D eigenvalue weighted by molar-refractivity contribution is 0.0792. The molecule has 1 fully saturated rings. The third kappa shape index (κ3) is 2.52. The van der Waals surface area contributed by atoms with E-state index in [0.29, 0.717) is 5.78 Å². The highest BCUT2D eigenvalue weighted by Crippen LogP contribution is 2.39. The van der Waals surface area contributed by atoms with Crippen molar-refractivity contribution in [3.63, 3.8) is 0 Å². The van der Waals surface area contributed by atoms with Gasteiger partial charge in [0.15, 0.2) is 5.78 Å². The Morgan fingerprint density at radius 2 is 1.85 bits per heavy atom. The van der Waals surface area contributed by atoms with Crippen molar-refractivity contribution in [2.75, 3.05) is 13.1 Å². The van der Waals surface area contributed by atoms with Crippen molar-refractivity contribution in [2.24, 2.45) is 5.41 Å². The highest BCUT2D eigenvalue weighted by Gasteiger charge is 2.36. The molecular weight excluding hydrogens is 246 g/mol. The summed E-state index contributed by atoms with van der Waals surface area (Å²) in [5, 5.41) is 0. The lowest BCUT2D eigenvalue weighted by atomic mass is 9.72. The highest BCUT2D eigenvalue weighted by atomic mass is 16.1. The standard InChI is InChI=1S/C18H23NO/c1-18(17(20)15-7-3-2-4-8-15)11-9-16(10-12-18)19-13-5-6-14-19/h2-4,7-9H,5-6,10-14H2,1H3. The lowest BCUT2D eigenvalue weighted by Crippen LogP contribution is -2.32. The Balaban J connectivity index is 1.73. The van der Waals surface area contributed by atoms with Crippen LogP contribution in [0.25, 0.3) is 0 Å². The molecule has 0 radical (unpaired) electrons. The maximum Gasteiger partial charge on any atom is 0.169 e. The molecule has 20 heavy (non-hydrogen) atoms. The van der Waals surface area contributed by atoms with Gasteiger partial charge in [-0.1, -0.05) is 43.3 Å². The third-order valence-electron chi connectivity index (χ3n) is 4.82. The molecule has 1 aromatic rings. The number of Topliss-reactive ketones (excluding diaryl/α,β-unsaturated/α-hetero) is 1. The molecule has 2 heteroatoms. The summed E-state index contributed by atoms with van der Waals surface area (Å²) in [6, 6.07) is 9.74. The zero-order valence-corrected chi connectivity index (χ0v) is 12.3. The summed E-state index contributed by atoms with van der Waals surface area (Å²) in [5.41, 5.74) is 2.11. The Hall–Kier alpha value is -1.57. The number of carbonyl (C=O) groups excluding carboxylic acids is 1. The van der Waals surface area contributed by atoms with Crippen molar-refractivity contribution < 1.29 is 4.79 Å². The van der Waals surface area contributed by atoms with Gasteiger partial charge < -0.3 is 4.90 Å². The Labute approximate surface area is 121 Å². The van der Waals surface area contributed by atoms with Gasteiger partial charge in [-0.05, 0) is 32.1 Å². The summed E-state index contributed by atoms with van der Waals surface area (Å²) < 4.78 is 0. The van der Waals surface area contributed by atoms with Crippen LogP contribution in [-0.2, 0) is 0 Å². The van der Waals surface area contributed by atoms with Gasteiger partial charge in [-0.3, -0.25) is 4.79 Å². The van der Waals surface area contributed by atoms with E-state index in [1.807, 2.05) is 30.3 Å². The quantitative estimate of drug-likeness (QED) is 0.772. The largest absolute Gasteiger partial charge is 0.375 e. The maximum atomic E-state index is 12.7. The molecule has 1 aliphatic carbocycles. The summed E-state index contributed by atoms with van der Waals surface area (Å²) in [6.45, 7) is 4.53. The van der Waals surface area contributed by atoms with Crippen molar-refractivity contribution in [3.05, 3.63) is 47.7 Å². The molecule has 2 nitrogen and oxygen atoms in total. The molecule has 1 aromatic carbocycles. The van der Waals surface area contributed by atoms with E-state index in [9.17, 15) is 4.79 Å². The van der Waals surface area contributed by atoms with Crippen molar-refractivity contribution in [3.8, 4) is 0 Å². The number of benzene rings is 1. The molecule has 1 atom stereocenters. The predicted molar refractivity (Wildman–Crippen MR) is 81.6 cm³/mol. The minimum Gasteiger partial charge on any atom is -0.375 e. The van der Waals surface area contributed by atoms with E-state index in [1.165, 1.54) is 31.6 Å². The van der Waals surface area contributed by atoms with Crippen LogP contribution in [0.3, 0.4) is 0 Å². The zero-order chi connectivity index (χ0) is 14.0. The van der Waals surface area contributed by atoms with E-state index < -0.39 is 0 Å². The topological polar surface area (TPSA) is 20.3 Å². The molecule has 1 unspecified atom stereocenters. The van der Waals surface area contributed by atoms with Gasteiger partial charge in [0.2, 0.25) is 0 Å². The SMILES string of the molecule is CC1(C(=O)c2ccccc2)CC=C(N2CCCC2)CC1. The van der Waals surface area contributed by atoms with E-state index in [-0.39, 0.29) is 5.41 Å². The molecule has 0 N–H and O–H groups in total. The minimum absolute atomic E-state index is 0.218. The number of hydrogen-bond donors (Lipinski definition) is 0. The Bertz CT molecular complexity index is 513. The van der Waals surface area contributed by atoms with E-state index in [1.54, 1.807) is 0 Å². The summed E-state index contributed by atoms with van der Waals surface area (Å²) in [7, 11) is 0. The van der Waals surface area contributed by atoms with Crippen LogP contribution in [0.4, 0.5) is 0 Å². The predicted octanol–water partition coefficient (Wildman–Crippen LogP) is 4.04. The van der Waals surface area contributed by atoms with Gasteiger partial charge in [0.25, 0.3) is 0 Å². The minimum atomic E-state index is -0.218. The first-order chi connectivity index (χ1) is 9.69. The average Bonchev–Trinajstić information content (AvgIpc) is 3.02. The number of nitrogens with zero attached hydrogens (tertiary/aromatic N) is 1. The number of ketones is 1. The molecule has 106 valence electrons. The van der Waals surface area contributed by atoms with Crippen molar-refractivity contribution in [1.82, 2.24) is 4.90 Å². The second kappa shape index (κ2) is 5.43. The molecule has 0 amide bonds. The Morgan fingerprint density at radius 3 is 2.45 bits per heavy atom. The fourth-order valence-electron chi connectivity index (χ4n) is 3.39. The summed E-state index contributed by atoms with van der Waals surface area (Å²) in [4.78, 5) is 15.2. The van der Waals surface area contributed by atoms with E-state index in [2.05, 4.69) is 17.9 Å². The van der Waals surface area contributed by atoms with Crippen LogP contribution in [0.2, 0.25) is 0 Å². The molecule has 2 aliphatic rings. The molecule has 0 spiro atoms. The molecular formula is C18H23NO. The average molecular weight is 269 g/mol. The molecule has 1 aliphatic heterocycles. The summed E-state index contributed by atoms with van der Waals surface area (Å²) >= 11 is 0. The van der Waals surface area contributed by atoms with E-state index >= 15 is 0 Å². The number of carbonyl (C=O) groups is 1. The fraction of sp³-hybridized carbons (Fsp3) is 0.500. The van der Waals surface area contributed by atoms with E-state index in [0.717, 1.165) is 24.8 Å². The lowest BCUT2D eigenvalue weighted by Gasteiger charge is -2.34. The molecule has 0 aromatic heterocycles. The molecule has 3 rings (SSSR count). The molecule has 0 bridgehead atoms. The van der Waals surface area contributed by atoms with Crippen molar-refractivity contribution in [1.29, 1.82) is 0 Å². The van der Waals surface area contributed by atoms with Gasteiger partial charge in [-0.2, -0.15) is 0 Å². The number of allylic oxidation sites excluding steroid dienone is 2. The second-order valence-corrected chi connectivity index (χ2v) is 6.35. The third-order valence-corrected chi connectivity index (χ3v) is 4.82. The first-order valence-electron chi connectivity index (χ1n) is 7.73. The van der Waals surface area contributed by atoms with Gasteiger partial charge in [0, 0.05) is 29.8 Å². The second-order valence-electron chi connectivity index (χ2n) is 6.35. The monoisotopic (exact) mass is 269 g/mol. The van der Waals surface area contributed by atoms with Crippen LogP contribution in [0, 0.1) is 5.41 Å². The van der Waals surface area contributed by atoms with Gasteiger partial charge in [-0.25, -0.2) is 0 Å². The smallest absolute Gasteiger partial charge is 0.169 e. The van der Waals surface area contributed by atoms with Gasteiger partial charge in [-0.15, -0.1) is 0 Å². The van der Waals surface area contributed by atoms with Crippen molar-refractivity contribution >= 4 is 5.78 Å². The number of rotatable bonds is 3. The summed E-state index contributed by atoms with van der Waals surface area (Å²) in [5.74, 6) is 0.301. The Kier molecular flexibility index (Phi) is 3.64. The van der Waals surface area contributed by atoms with Crippen LogP contribution >= 0.6 is 0 Å². The van der Waals surface area contributed by atoms with Crippen LogP contribution < -0.4 is 0 Å². The molecule has 1 heterocycles.